The first-order valence-corrected chi connectivity index (χ1v) is 5.78. The predicted molar refractivity (Wildman–Crippen MR) is 67.4 cm³/mol. The van der Waals surface area contributed by atoms with Gasteiger partial charge in [-0.3, -0.25) is 4.79 Å². The Morgan fingerprint density at radius 2 is 2.12 bits per heavy atom. The number of benzene rings is 1. The fourth-order valence-corrected chi connectivity index (χ4v) is 2.20. The van der Waals surface area contributed by atoms with Crippen molar-refractivity contribution in [3.8, 4) is 5.75 Å². The summed E-state index contributed by atoms with van der Waals surface area (Å²) in [6, 6.07) is 5.22. The lowest BCUT2D eigenvalue weighted by atomic mass is 9.96. The molecule has 90 valence electrons. The Morgan fingerprint density at radius 1 is 1.41 bits per heavy atom. The molecule has 1 amide bonds. The maximum atomic E-state index is 11.9. The number of hydrogen-bond donors (Lipinski definition) is 1. The van der Waals surface area contributed by atoms with Crippen molar-refractivity contribution in [1.29, 1.82) is 0 Å². The van der Waals surface area contributed by atoms with Crippen molar-refractivity contribution in [3.63, 3.8) is 0 Å². The number of aryl methyl sites for hydroxylation is 1. The van der Waals surface area contributed by atoms with Crippen LogP contribution in [0.15, 0.2) is 24.3 Å². The van der Waals surface area contributed by atoms with E-state index in [-0.39, 0.29) is 17.6 Å². The second-order valence-corrected chi connectivity index (χ2v) is 4.62. The maximum absolute atomic E-state index is 11.9. The first-order chi connectivity index (χ1) is 8.00. The molecule has 1 unspecified atom stereocenters. The average Bonchev–Trinajstić information content (AvgIpc) is 2.28. The van der Waals surface area contributed by atoms with E-state index in [4.69, 9.17) is 0 Å². The molecule has 0 saturated carbocycles. The summed E-state index contributed by atoms with van der Waals surface area (Å²) in [5, 5.41) is 9.40. The molecule has 0 spiro atoms. The summed E-state index contributed by atoms with van der Waals surface area (Å²) < 4.78 is 0. The first kappa shape index (κ1) is 11.7. The molecule has 0 aromatic heterocycles. The summed E-state index contributed by atoms with van der Waals surface area (Å²) in [6.07, 6.45) is 2.87. The van der Waals surface area contributed by atoms with E-state index in [0.717, 1.165) is 23.2 Å². The van der Waals surface area contributed by atoms with Crippen LogP contribution in [0.1, 0.15) is 24.5 Å². The molecule has 0 saturated heterocycles. The molecule has 3 nitrogen and oxygen atoms in total. The van der Waals surface area contributed by atoms with Crippen LogP contribution in [-0.4, -0.2) is 23.0 Å². The Balaban J connectivity index is 2.43. The van der Waals surface area contributed by atoms with E-state index >= 15 is 0 Å². The molecule has 2 rings (SSSR count). The van der Waals surface area contributed by atoms with Crippen LogP contribution in [0.2, 0.25) is 0 Å². The number of allylic oxidation sites excluding steroid dienone is 1. The number of hydrogen-bond acceptors (Lipinski definition) is 2. The summed E-state index contributed by atoms with van der Waals surface area (Å²) in [5.74, 6) is 0.459. The number of phenolic OH excluding ortho intramolecular Hbond substituents is 1. The van der Waals surface area contributed by atoms with E-state index in [0.29, 0.717) is 0 Å². The third-order valence-corrected chi connectivity index (χ3v) is 3.26. The number of phenols is 1. The van der Waals surface area contributed by atoms with E-state index in [9.17, 15) is 9.90 Å². The van der Waals surface area contributed by atoms with Gasteiger partial charge < -0.3 is 10.0 Å². The molecule has 1 aliphatic rings. The van der Waals surface area contributed by atoms with Crippen LogP contribution in [0.5, 0.6) is 5.75 Å². The van der Waals surface area contributed by atoms with Crippen LogP contribution < -0.4 is 0 Å². The Morgan fingerprint density at radius 3 is 2.76 bits per heavy atom. The minimum Gasteiger partial charge on any atom is -0.508 e. The van der Waals surface area contributed by atoms with Crippen LogP contribution in [0.3, 0.4) is 0 Å². The van der Waals surface area contributed by atoms with Crippen LogP contribution in [0, 0.1) is 12.8 Å². The normalized spacial score (nSPS) is 20.4. The van der Waals surface area contributed by atoms with E-state index in [1.807, 2.05) is 19.9 Å². The standard InChI is InChI=1S/C14H17NO2/c1-9-4-7-13(15(3)14(9)17)12-6-5-11(16)8-10(12)2/h5-9,16H,4H2,1-3H3. The zero-order valence-corrected chi connectivity index (χ0v) is 10.4. The van der Waals surface area contributed by atoms with Gasteiger partial charge in [0.05, 0.1) is 0 Å². The van der Waals surface area contributed by atoms with Gasteiger partial charge >= 0.3 is 0 Å². The number of nitrogens with zero attached hydrogens (tertiary/aromatic N) is 1. The quantitative estimate of drug-likeness (QED) is 0.806. The highest BCUT2D eigenvalue weighted by molar-refractivity contribution is 5.90. The van der Waals surface area contributed by atoms with Crippen LogP contribution >= 0.6 is 0 Å². The van der Waals surface area contributed by atoms with E-state index < -0.39 is 0 Å². The molecule has 0 radical (unpaired) electrons. The van der Waals surface area contributed by atoms with Crippen LogP contribution in [0.4, 0.5) is 0 Å². The molecule has 17 heavy (non-hydrogen) atoms. The Bertz CT molecular complexity index is 491. The molecule has 0 fully saturated rings. The molecule has 1 aliphatic heterocycles. The van der Waals surface area contributed by atoms with Gasteiger partial charge in [-0.25, -0.2) is 0 Å². The molecule has 1 aromatic rings. The molecular formula is C14H17NO2. The van der Waals surface area contributed by atoms with Crippen molar-refractivity contribution >= 4 is 11.6 Å². The van der Waals surface area contributed by atoms with Crippen molar-refractivity contribution in [1.82, 2.24) is 4.90 Å². The second kappa shape index (κ2) is 4.24. The number of aromatic hydroxyl groups is 1. The van der Waals surface area contributed by atoms with Crippen LogP contribution in [0.25, 0.3) is 5.70 Å². The highest BCUT2D eigenvalue weighted by atomic mass is 16.3. The minimum atomic E-state index is 0.0566. The Kier molecular flexibility index (Phi) is 2.92. The largest absolute Gasteiger partial charge is 0.508 e. The molecular weight excluding hydrogens is 214 g/mol. The summed E-state index contributed by atoms with van der Waals surface area (Å²) >= 11 is 0. The van der Waals surface area contributed by atoms with Gasteiger partial charge in [-0.2, -0.15) is 0 Å². The third kappa shape index (κ3) is 2.05. The maximum Gasteiger partial charge on any atom is 0.229 e. The Hall–Kier alpha value is -1.77. The fourth-order valence-electron chi connectivity index (χ4n) is 2.20. The van der Waals surface area contributed by atoms with Crippen molar-refractivity contribution in [2.45, 2.75) is 20.3 Å². The second-order valence-electron chi connectivity index (χ2n) is 4.62. The van der Waals surface area contributed by atoms with Gasteiger partial charge in [0, 0.05) is 24.2 Å². The third-order valence-electron chi connectivity index (χ3n) is 3.26. The minimum absolute atomic E-state index is 0.0566. The van der Waals surface area contributed by atoms with Gasteiger partial charge in [0.15, 0.2) is 0 Å². The lowest BCUT2D eigenvalue weighted by Gasteiger charge is -2.29. The number of amides is 1. The summed E-state index contributed by atoms with van der Waals surface area (Å²) in [5.41, 5.74) is 2.92. The highest BCUT2D eigenvalue weighted by Crippen LogP contribution is 2.30. The van der Waals surface area contributed by atoms with Crippen molar-refractivity contribution < 1.29 is 9.90 Å². The molecule has 1 aromatic carbocycles. The van der Waals surface area contributed by atoms with E-state index in [1.165, 1.54) is 0 Å². The smallest absolute Gasteiger partial charge is 0.229 e. The van der Waals surface area contributed by atoms with Gasteiger partial charge in [0.1, 0.15) is 5.75 Å². The zero-order chi connectivity index (χ0) is 12.6. The fraction of sp³-hybridized carbons (Fsp3) is 0.357. The lowest BCUT2D eigenvalue weighted by Crippen LogP contribution is -2.33. The summed E-state index contributed by atoms with van der Waals surface area (Å²) in [6.45, 7) is 3.88. The van der Waals surface area contributed by atoms with Gasteiger partial charge in [-0.1, -0.05) is 13.0 Å². The van der Waals surface area contributed by atoms with E-state index in [1.54, 1.807) is 24.1 Å². The van der Waals surface area contributed by atoms with E-state index in [2.05, 4.69) is 6.08 Å². The monoisotopic (exact) mass is 231 g/mol. The average molecular weight is 231 g/mol. The van der Waals surface area contributed by atoms with Gasteiger partial charge in [0.2, 0.25) is 5.91 Å². The zero-order valence-electron chi connectivity index (χ0n) is 10.4. The molecule has 1 atom stereocenters. The van der Waals surface area contributed by atoms with Crippen molar-refractivity contribution in [3.05, 3.63) is 35.4 Å². The number of carbonyl (C=O) groups is 1. The van der Waals surface area contributed by atoms with Crippen molar-refractivity contribution in [2.75, 3.05) is 7.05 Å². The highest BCUT2D eigenvalue weighted by Gasteiger charge is 2.25. The molecule has 3 heteroatoms. The molecule has 1 heterocycles. The van der Waals surface area contributed by atoms with Crippen molar-refractivity contribution in [2.24, 2.45) is 5.92 Å². The Labute approximate surface area is 101 Å². The van der Waals surface area contributed by atoms with Crippen LogP contribution in [-0.2, 0) is 4.79 Å². The van der Waals surface area contributed by atoms with Gasteiger partial charge in [0.25, 0.3) is 0 Å². The predicted octanol–water partition coefficient (Wildman–Crippen LogP) is 2.54. The molecule has 0 bridgehead atoms. The summed E-state index contributed by atoms with van der Waals surface area (Å²) in [4.78, 5) is 13.6. The first-order valence-electron chi connectivity index (χ1n) is 5.78. The lowest BCUT2D eigenvalue weighted by molar-refractivity contribution is -0.131. The SMILES string of the molecule is Cc1cc(O)ccc1C1=CCC(C)C(=O)N1C. The van der Waals surface area contributed by atoms with Gasteiger partial charge in [-0.15, -0.1) is 0 Å². The topological polar surface area (TPSA) is 40.5 Å². The molecule has 0 aliphatic carbocycles. The van der Waals surface area contributed by atoms with Gasteiger partial charge in [-0.05, 0) is 37.1 Å². The summed E-state index contributed by atoms with van der Waals surface area (Å²) in [7, 11) is 1.80. The molecule has 1 N–H and O–H groups in total. The number of carbonyl (C=O) groups excluding carboxylic acids is 1. The number of rotatable bonds is 1.